The summed E-state index contributed by atoms with van der Waals surface area (Å²) in [7, 11) is -1.69. The van der Waals surface area contributed by atoms with Crippen LogP contribution in [0, 0.1) is 0 Å². The van der Waals surface area contributed by atoms with Gasteiger partial charge in [0.15, 0.2) is 0 Å². The second-order valence-electron chi connectivity index (χ2n) is 8.24. The van der Waals surface area contributed by atoms with E-state index in [0.717, 1.165) is 17.7 Å². The van der Waals surface area contributed by atoms with Crippen LogP contribution in [0.25, 0.3) is 0 Å². The van der Waals surface area contributed by atoms with Crippen molar-refractivity contribution < 1.29 is 14.3 Å². The summed E-state index contributed by atoms with van der Waals surface area (Å²) in [6.45, 7) is 14.7. The number of amides is 1. The molecule has 1 saturated heterocycles. The molecule has 1 aromatic rings. The lowest BCUT2D eigenvalue weighted by atomic mass is 10.1. The molecule has 0 radical (unpaired) electrons. The molecule has 4 nitrogen and oxygen atoms in total. The van der Waals surface area contributed by atoms with E-state index in [1.165, 1.54) is 0 Å². The number of hydrogen-bond donors (Lipinski definition) is 1. The number of hydrogen-bond acceptors (Lipinski definition) is 4. The lowest BCUT2D eigenvalue weighted by molar-refractivity contribution is -0.263. The Morgan fingerprint density at radius 1 is 1.12 bits per heavy atom. The summed E-state index contributed by atoms with van der Waals surface area (Å²) >= 11 is 2.03. The third-order valence-electron chi connectivity index (χ3n) is 5.83. The summed E-state index contributed by atoms with van der Waals surface area (Å²) in [5, 5.41) is 2.92. The van der Waals surface area contributed by atoms with E-state index in [4.69, 9.17) is 9.47 Å². The second kappa shape index (κ2) is 7.30. The predicted molar refractivity (Wildman–Crippen MR) is 111 cm³/mol. The maximum Gasteiger partial charge on any atom is 0.289 e. The Morgan fingerprint density at radius 3 is 2.35 bits per heavy atom. The average molecular weight is 394 g/mol. The molecule has 2 aliphatic rings. The first-order valence-electron chi connectivity index (χ1n) is 9.64. The molecule has 0 aliphatic carbocycles. The van der Waals surface area contributed by atoms with Crippen molar-refractivity contribution in [1.29, 1.82) is 0 Å². The molecule has 6 heteroatoms. The molecule has 0 aromatic heterocycles. The summed E-state index contributed by atoms with van der Waals surface area (Å²) in [6.07, 6.45) is 0.822. The van der Waals surface area contributed by atoms with Crippen molar-refractivity contribution in [1.82, 2.24) is 0 Å². The highest BCUT2D eigenvalue weighted by molar-refractivity contribution is 8.29. The van der Waals surface area contributed by atoms with Gasteiger partial charge in [0.05, 0.1) is 12.3 Å². The average Bonchev–Trinajstić information content (AvgIpc) is 2.84. The van der Waals surface area contributed by atoms with Crippen LogP contribution in [0.2, 0.25) is 16.6 Å². The van der Waals surface area contributed by atoms with Gasteiger partial charge in [-0.1, -0.05) is 59.7 Å². The highest BCUT2D eigenvalue weighted by atomic mass is 32.4. The second-order valence-corrected chi connectivity index (χ2v) is 17.0. The standard InChI is InChI=1S/C20H31NO3SSi/c1-13(2)26(14(3)4,15(5)6)25-18-11-12-23-20(24-18)16-9-7-8-10-17(16)21-19(20)22/h7-10,13-15,18H,11-12H2,1-6H3,(H,21,22). The molecule has 1 amide bonds. The van der Waals surface area contributed by atoms with E-state index in [1.807, 2.05) is 35.5 Å². The van der Waals surface area contributed by atoms with Gasteiger partial charge in [0.2, 0.25) is 0 Å². The van der Waals surface area contributed by atoms with Crippen LogP contribution in [0.4, 0.5) is 5.69 Å². The third kappa shape index (κ3) is 3.05. The van der Waals surface area contributed by atoms with Gasteiger partial charge in [-0.15, -0.1) is 0 Å². The van der Waals surface area contributed by atoms with Crippen LogP contribution in [-0.2, 0) is 20.1 Å². The number of benzene rings is 1. The Kier molecular flexibility index (Phi) is 5.59. The van der Waals surface area contributed by atoms with Crippen LogP contribution in [0.3, 0.4) is 0 Å². The van der Waals surface area contributed by atoms with Crippen molar-refractivity contribution in [2.24, 2.45) is 0 Å². The Bertz CT molecular complexity index is 657. The van der Waals surface area contributed by atoms with Crippen LogP contribution in [0.1, 0.15) is 53.5 Å². The number of anilines is 1. The van der Waals surface area contributed by atoms with E-state index in [1.54, 1.807) is 0 Å². The molecule has 0 saturated carbocycles. The molecule has 1 fully saturated rings. The fourth-order valence-electron chi connectivity index (χ4n) is 4.76. The molecule has 2 heterocycles. The number of nitrogens with one attached hydrogen (secondary N) is 1. The van der Waals surface area contributed by atoms with Gasteiger partial charge in [-0.3, -0.25) is 4.79 Å². The first kappa shape index (κ1) is 19.9. The van der Waals surface area contributed by atoms with Crippen LogP contribution in [0.15, 0.2) is 24.3 Å². The van der Waals surface area contributed by atoms with Crippen LogP contribution < -0.4 is 5.32 Å². The molecule has 1 aromatic carbocycles. The number of ether oxygens (including phenoxy) is 2. The first-order chi connectivity index (χ1) is 12.2. The van der Waals surface area contributed by atoms with E-state index < -0.39 is 13.0 Å². The van der Waals surface area contributed by atoms with Crippen molar-refractivity contribution >= 4 is 30.0 Å². The topological polar surface area (TPSA) is 47.6 Å². The molecule has 1 spiro atoms. The Morgan fingerprint density at radius 2 is 1.73 bits per heavy atom. The summed E-state index contributed by atoms with van der Waals surface area (Å²) < 4.78 is 12.4. The van der Waals surface area contributed by atoms with Gasteiger partial charge < -0.3 is 14.8 Å². The third-order valence-corrected chi connectivity index (χ3v) is 18.5. The lowest BCUT2D eigenvalue weighted by Gasteiger charge is -2.46. The minimum absolute atomic E-state index is 0.0143. The zero-order valence-electron chi connectivity index (χ0n) is 16.7. The maximum atomic E-state index is 12.8. The van der Waals surface area contributed by atoms with E-state index in [0.29, 0.717) is 23.2 Å². The van der Waals surface area contributed by atoms with Crippen molar-refractivity contribution in [2.75, 3.05) is 11.9 Å². The van der Waals surface area contributed by atoms with Gasteiger partial charge in [-0.05, 0) is 22.7 Å². The zero-order valence-corrected chi connectivity index (χ0v) is 18.5. The number of para-hydroxylation sites is 1. The highest BCUT2D eigenvalue weighted by Gasteiger charge is 2.55. The Hall–Kier alpha value is -0.823. The largest absolute Gasteiger partial charge is 0.338 e. The quantitative estimate of drug-likeness (QED) is 0.675. The molecule has 3 rings (SSSR count). The molecule has 26 heavy (non-hydrogen) atoms. The van der Waals surface area contributed by atoms with Crippen molar-refractivity contribution in [3.8, 4) is 0 Å². The fraction of sp³-hybridized carbons (Fsp3) is 0.650. The maximum absolute atomic E-state index is 12.8. The Labute approximate surface area is 162 Å². The predicted octanol–water partition coefficient (Wildman–Crippen LogP) is 5.46. The number of rotatable bonds is 5. The van der Waals surface area contributed by atoms with E-state index in [-0.39, 0.29) is 11.3 Å². The fourth-order valence-corrected chi connectivity index (χ4v) is 14.7. The van der Waals surface area contributed by atoms with Crippen LogP contribution in [-0.4, -0.2) is 25.2 Å². The van der Waals surface area contributed by atoms with E-state index in [9.17, 15) is 4.79 Å². The first-order valence-corrected chi connectivity index (χ1v) is 13.5. The van der Waals surface area contributed by atoms with Gasteiger partial charge in [-0.2, -0.15) is 11.2 Å². The van der Waals surface area contributed by atoms with Gasteiger partial charge in [0.25, 0.3) is 11.7 Å². The summed E-state index contributed by atoms with van der Waals surface area (Å²) in [5.41, 5.74) is 3.50. The van der Waals surface area contributed by atoms with Crippen molar-refractivity contribution in [2.45, 2.75) is 75.8 Å². The number of carbonyl (C=O) groups is 1. The van der Waals surface area contributed by atoms with Gasteiger partial charge >= 0.3 is 0 Å². The molecular formula is C20H31NO3SSi. The smallest absolute Gasteiger partial charge is 0.289 e. The SMILES string of the molecule is CC(C)[Si](SC1CCOC2(O1)C(=O)Nc1ccccc12)(C(C)C)C(C)C. The monoisotopic (exact) mass is 393 g/mol. The highest BCUT2D eigenvalue weighted by Crippen LogP contribution is 2.54. The summed E-state index contributed by atoms with van der Waals surface area (Å²) in [6, 6.07) is 7.68. The van der Waals surface area contributed by atoms with Crippen LogP contribution in [0.5, 0.6) is 0 Å². The normalized spacial score (nSPS) is 26.0. The van der Waals surface area contributed by atoms with Crippen molar-refractivity contribution in [3.63, 3.8) is 0 Å². The van der Waals surface area contributed by atoms with Crippen LogP contribution >= 0.6 is 11.2 Å². The number of carbonyl (C=O) groups excluding carboxylic acids is 1. The van der Waals surface area contributed by atoms with Gasteiger partial charge in [-0.25, -0.2) is 0 Å². The molecule has 2 aliphatic heterocycles. The summed E-state index contributed by atoms with van der Waals surface area (Å²) in [5.74, 6) is -1.48. The Balaban J connectivity index is 1.91. The molecule has 1 N–H and O–H groups in total. The molecule has 2 unspecified atom stereocenters. The van der Waals surface area contributed by atoms with Gasteiger partial charge in [0.1, 0.15) is 12.7 Å². The zero-order chi connectivity index (χ0) is 19.1. The molecule has 0 bridgehead atoms. The van der Waals surface area contributed by atoms with E-state index in [2.05, 4.69) is 46.9 Å². The lowest BCUT2D eigenvalue weighted by Crippen LogP contribution is -2.50. The molecular weight excluding hydrogens is 362 g/mol. The van der Waals surface area contributed by atoms with E-state index >= 15 is 0 Å². The van der Waals surface area contributed by atoms with Crippen molar-refractivity contribution in [3.05, 3.63) is 29.8 Å². The molecule has 2 atom stereocenters. The minimum Gasteiger partial charge on any atom is -0.338 e. The summed E-state index contributed by atoms with van der Waals surface area (Å²) in [4.78, 5) is 12.8. The number of fused-ring (bicyclic) bond motifs is 2. The minimum atomic E-state index is -1.69. The molecule has 144 valence electrons. The van der Waals surface area contributed by atoms with Gasteiger partial charge in [0, 0.05) is 12.0 Å².